The smallest absolute Gasteiger partial charge is 0.338 e. The Balaban J connectivity index is 2.02. The molecule has 3 rings (SSSR count). The quantitative estimate of drug-likeness (QED) is 0.520. The Bertz CT molecular complexity index is 941. The van der Waals surface area contributed by atoms with E-state index in [4.69, 9.17) is 21.7 Å². The third kappa shape index (κ3) is 4.91. The van der Waals surface area contributed by atoms with E-state index in [9.17, 15) is 14.7 Å². The average Bonchev–Trinajstić information content (AvgIpc) is 2.72. The molecule has 1 aliphatic heterocycles. The lowest BCUT2D eigenvalue weighted by atomic mass is 9.93. The van der Waals surface area contributed by atoms with Crippen LogP contribution in [-0.2, 0) is 14.3 Å². The van der Waals surface area contributed by atoms with E-state index in [1.165, 1.54) is 0 Å². The number of carboxylic acid groups (broad SMARTS) is 1. The molecule has 0 amide bonds. The van der Waals surface area contributed by atoms with E-state index in [1.54, 1.807) is 31.2 Å². The molecule has 29 heavy (non-hydrogen) atoms. The molecule has 8 heteroatoms. The highest BCUT2D eigenvalue weighted by Crippen LogP contribution is 2.32. The number of thiocarbonyl (C=S) groups is 1. The Morgan fingerprint density at radius 1 is 1.10 bits per heavy atom. The van der Waals surface area contributed by atoms with E-state index in [2.05, 4.69) is 10.6 Å². The number of hydrogen-bond donors (Lipinski definition) is 2. The van der Waals surface area contributed by atoms with Crippen LogP contribution >= 0.6 is 12.2 Å². The van der Waals surface area contributed by atoms with Gasteiger partial charge < -0.3 is 30.0 Å². The van der Waals surface area contributed by atoms with Gasteiger partial charge in [-0.25, -0.2) is 4.79 Å². The van der Waals surface area contributed by atoms with Crippen LogP contribution in [0.1, 0.15) is 24.1 Å². The lowest BCUT2D eigenvalue weighted by molar-refractivity contribution is -0.307. The number of carbonyl (C=O) groups is 2. The molecule has 0 aromatic heterocycles. The van der Waals surface area contributed by atoms with Gasteiger partial charge in [0, 0.05) is 0 Å². The second-order valence-electron chi connectivity index (χ2n) is 6.14. The van der Waals surface area contributed by atoms with Gasteiger partial charge >= 0.3 is 5.97 Å². The summed E-state index contributed by atoms with van der Waals surface area (Å²) >= 11 is 5.35. The Morgan fingerprint density at radius 3 is 2.41 bits per heavy atom. The van der Waals surface area contributed by atoms with E-state index in [-0.39, 0.29) is 6.61 Å². The molecule has 1 heterocycles. The van der Waals surface area contributed by atoms with Gasteiger partial charge in [-0.3, -0.25) is 0 Å². The fraction of sp³-hybridized carbons (Fsp3) is 0.190. The molecule has 0 saturated heterocycles. The van der Waals surface area contributed by atoms with Crippen LogP contribution in [0, 0.1) is 0 Å². The van der Waals surface area contributed by atoms with Gasteiger partial charge in [0.2, 0.25) is 0 Å². The summed E-state index contributed by atoms with van der Waals surface area (Å²) in [6.45, 7) is 1.44. The van der Waals surface area contributed by atoms with Gasteiger partial charge in [0.25, 0.3) is 0 Å². The molecule has 2 aromatic rings. The molecule has 2 aromatic carbocycles. The molecule has 0 saturated carbocycles. The van der Waals surface area contributed by atoms with E-state index in [1.807, 2.05) is 30.3 Å². The number of carboxylic acids is 1. The molecule has 7 nitrogen and oxygen atoms in total. The Labute approximate surface area is 173 Å². The summed E-state index contributed by atoms with van der Waals surface area (Å²) in [5, 5.41) is 17.1. The monoisotopic (exact) mass is 411 g/mol. The summed E-state index contributed by atoms with van der Waals surface area (Å²) < 4.78 is 10.4. The minimum Gasteiger partial charge on any atom is -0.546 e. The fourth-order valence-electron chi connectivity index (χ4n) is 2.97. The second-order valence-corrected chi connectivity index (χ2v) is 6.54. The van der Waals surface area contributed by atoms with Crippen LogP contribution in [0.3, 0.4) is 0 Å². The molecular weight excluding hydrogens is 392 g/mol. The number of ether oxygens (including phenoxy) is 2. The predicted octanol–water partition coefficient (Wildman–Crippen LogP) is 1.31. The molecule has 0 bridgehead atoms. The van der Waals surface area contributed by atoms with Gasteiger partial charge in [-0.15, -0.1) is 0 Å². The molecule has 0 fully saturated rings. The van der Waals surface area contributed by atoms with Crippen molar-refractivity contribution in [2.24, 2.45) is 0 Å². The zero-order valence-corrected chi connectivity index (χ0v) is 16.5. The largest absolute Gasteiger partial charge is 0.546 e. The van der Waals surface area contributed by atoms with Gasteiger partial charge in [-0.05, 0) is 42.4 Å². The molecule has 0 unspecified atom stereocenters. The minimum absolute atomic E-state index is 0.234. The van der Waals surface area contributed by atoms with Crippen molar-refractivity contribution in [1.29, 1.82) is 0 Å². The molecule has 1 atom stereocenters. The normalized spacial score (nSPS) is 15.9. The van der Waals surface area contributed by atoms with Crippen molar-refractivity contribution in [3.63, 3.8) is 0 Å². The van der Waals surface area contributed by atoms with Gasteiger partial charge in [0.05, 0.1) is 29.9 Å². The topological polar surface area (TPSA) is 99.7 Å². The van der Waals surface area contributed by atoms with Gasteiger partial charge in [-0.1, -0.05) is 42.5 Å². The summed E-state index contributed by atoms with van der Waals surface area (Å²) in [5.41, 5.74) is 2.52. The van der Waals surface area contributed by atoms with Crippen molar-refractivity contribution in [2.75, 3.05) is 13.2 Å². The summed E-state index contributed by atoms with van der Waals surface area (Å²) in [6, 6.07) is 15.5. The van der Waals surface area contributed by atoms with Crippen molar-refractivity contribution >= 4 is 35.0 Å². The van der Waals surface area contributed by atoms with Crippen molar-refractivity contribution in [2.45, 2.75) is 13.0 Å². The van der Waals surface area contributed by atoms with Crippen LogP contribution in [-0.4, -0.2) is 30.3 Å². The lowest BCUT2D eigenvalue weighted by Crippen LogP contribution is -2.45. The van der Waals surface area contributed by atoms with Crippen molar-refractivity contribution in [3.8, 4) is 5.75 Å². The molecule has 1 aliphatic rings. The molecule has 0 aliphatic carbocycles. The Hall–Kier alpha value is -3.39. The van der Waals surface area contributed by atoms with Gasteiger partial charge in [0.15, 0.2) is 5.11 Å². The summed E-state index contributed by atoms with van der Waals surface area (Å²) in [7, 11) is 0. The van der Waals surface area contributed by atoms with E-state index >= 15 is 0 Å². The van der Waals surface area contributed by atoms with Crippen LogP contribution in [0.2, 0.25) is 0 Å². The number of nitrogens with one attached hydrogen (secondary N) is 2. The number of benzene rings is 2. The minimum atomic E-state index is -1.31. The summed E-state index contributed by atoms with van der Waals surface area (Å²) in [4.78, 5) is 23.4. The first-order valence-electron chi connectivity index (χ1n) is 8.96. The van der Waals surface area contributed by atoms with Crippen LogP contribution in [0.5, 0.6) is 5.75 Å². The number of hydrogen-bond acceptors (Lipinski definition) is 6. The number of aliphatic carboxylic acids is 1. The maximum Gasteiger partial charge on any atom is 0.338 e. The highest BCUT2D eigenvalue weighted by Gasteiger charge is 2.33. The van der Waals surface area contributed by atoms with Crippen LogP contribution in [0.15, 0.2) is 60.2 Å². The summed E-state index contributed by atoms with van der Waals surface area (Å²) in [5.74, 6) is -1.39. The highest BCUT2D eigenvalue weighted by molar-refractivity contribution is 7.80. The zero-order chi connectivity index (χ0) is 20.8. The average molecular weight is 411 g/mol. The SMILES string of the molecule is CCOC(=O)C1=C(c2ccccc2)NC(=S)N[C@H]1c1ccc(OCC(=O)[O-])cc1. The van der Waals surface area contributed by atoms with E-state index in [0.717, 1.165) is 11.1 Å². The maximum atomic E-state index is 12.8. The predicted molar refractivity (Wildman–Crippen MR) is 109 cm³/mol. The van der Waals surface area contributed by atoms with Crippen molar-refractivity contribution < 1.29 is 24.2 Å². The van der Waals surface area contributed by atoms with Gasteiger partial charge in [-0.2, -0.15) is 0 Å². The van der Waals surface area contributed by atoms with Crippen LogP contribution < -0.4 is 20.5 Å². The molecule has 0 radical (unpaired) electrons. The molecular formula is C21H19N2O5S-. The first kappa shape index (κ1) is 20.3. The third-order valence-corrected chi connectivity index (χ3v) is 4.42. The van der Waals surface area contributed by atoms with Gasteiger partial charge in [0.1, 0.15) is 12.4 Å². The molecule has 0 spiro atoms. The highest BCUT2D eigenvalue weighted by atomic mass is 32.1. The fourth-order valence-corrected chi connectivity index (χ4v) is 3.19. The maximum absolute atomic E-state index is 12.8. The standard InChI is InChI=1S/C21H20N2O5S/c1-2-27-20(26)17-18(13-6-4-3-5-7-13)22-21(29)23-19(17)14-8-10-15(11-9-14)28-12-16(24)25/h3-11,19H,2,12H2,1H3,(H,24,25)(H2,22,23,29)/p-1/t19-/m0/s1. The van der Waals surface area contributed by atoms with Crippen molar-refractivity contribution in [1.82, 2.24) is 10.6 Å². The third-order valence-electron chi connectivity index (χ3n) is 4.20. The number of esters is 1. The Morgan fingerprint density at radius 2 is 1.79 bits per heavy atom. The first-order valence-corrected chi connectivity index (χ1v) is 9.37. The van der Waals surface area contributed by atoms with Crippen LogP contribution in [0.25, 0.3) is 5.70 Å². The van der Waals surface area contributed by atoms with Crippen molar-refractivity contribution in [3.05, 3.63) is 71.3 Å². The van der Waals surface area contributed by atoms with E-state index in [0.29, 0.717) is 22.1 Å². The molecule has 2 N–H and O–H groups in total. The van der Waals surface area contributed by atoms with Crippen LogP contribution in [0.4, 0.5) is 0 Å². The summed E-state index contributed by atoms with van der Waals surface area (Å²) in [6.07, 6.45) is 0. The number of rotatable bonds is 7. The molecule has 150 valence electrons. The second kappa shape index (κ2) is 9.20. The first-order chi connectivity index (χ1) is 14.0. The van der Waals surface area contributed by atoms with E-state index < -0.39 is 24.6 Å². The lowest BCUT2D eigenvalue weighted by Gasteiger charge is -2.31. The Kier molecular flexibility index (Phi) is 6.46. The zero-order valence-electron chi connectivity index (χ0n) is 15.6. The number of carbonyl (C=O) groups excluding carboxylic acids is 2.